The highest BCUT2D eigenvalue weighted by atomic mass is 35.5. The average Bonchev–Trinajstić information content (AvgIpc) is 2.58. The van der Waals surface area contributed by atoms with Gasteiger partial charge < -0.3 is 9.30 Å². The molecule has 0 aliphatic carbocycles. The standard InChI is InChI=1S/C18H15ClN2O2/c19-17-7-6-15(11-20-17)12-21-9-8-16(10-18(21)22)23-13-14-4-2-1-3-5-14/h1-11H,12-13H2. The molecule has 0 radical (unpaired) electrons. The summed E-state index contributed by atoms with van der Waals surface area (Å²) in [7, 11) is 0. The molecular formula is C18H15ClN2O2. The molecule has 0 saturated carbocycles. The van der Waals surface area contributed by atoms with Gasteiger partial charge >= 0.3 is 0 Å². The van der Waals surface area contributed by atoms with Gasteiger partial charge in [-0.1, -0.05) is 48.0 Å². The van der Waals surface area contributed by atoms with E-state index in [4.69, 9.17) is 16.3 Å². The fraction of sp³-hybridized carbons (Fsp3) is 0.111. The molecule has 0 atom stereocenters. The van der Waals surface area contributed by atoms with E-state index in [-0.39, 0.29) is 5.56 Å². The van der Waals surface area contributed by atoms with Crippen LogP contribution in [0.1, 0.15) is 11.1 Å². The van der Waals surface area contributed by atoms with E-state index in [2.05, 4.69) is 4.98 Å². The van der Waals surface area contributed by atoms with Crippen LogP contribution in [0.3, 0.4) is 0 Å². The van der Waals surface area contributed by atoms with Crippen LogP contribution in [0, 0.1) is 0 Å². The Labute approximate surface area is 139 Å². The SMILES string of the molecule is O=c1cc(OCc2ccccc2)ccn1Cc1ccc(Cl)nc1. The second kappa shape index (κ2) is 7.11. The molecule has 1 aromatic carbocycles. The van der Waals surface area contributed by atoms with Gasteiger partial charge in [0.05, 0.1) is 6.54 Å². The molecule has 0 aliphatic heterocycles. The van der Waals surface area contributed by atoms with Crippen LogP contribution >= 0.6 is 11.6 Å². The van der Waals surface area contributed by atoms with Crippen molar-refractivity contribution in [3.63, 3.8) is 0 Å². The summed E-state index contributed by atoms with van der Waals surface area (Å²) in [5.74, 6) is 0.560. The fourth-order valence-corrected chi connectivity index (χ4v) is 2.26. The zero-order chi connectivity index (χ0) is 16.1. The quantitative estimate of drug-likeness (QED) is 0.674. The maximum Gasteiger partial charge on any atom is 0.254 e. The molecule has 0 fully saturated rings. The summed E-state index contributed by atoms with van der Waals surface area (Å²) in [6.07, 6.45) is 3.38. The molecule has 0 spiro atoms. The molecule has 0 saturated heterocycles. The molecule has 0 bridgehead atoms. The van der Waals surface area contributed by atoms with Crippen molar-refractivity contribution < 1.29 is 4.74 Å². The van der Waals surface area contributed by atoms with Crippen LogP contribution in [0.5, 0.6) is 5.75 Å². The molecular weight excluding hydrogens is 312 g/mol. The molecule has 5 heteroatoms. The van der Waals surface area contributed by atoms with Crippen molar-refractivity contribution in [3.8, 4) is 5.75 Å². The number of pyridine rings is 2. The third-order valence-corrected chi connectivity index (χ3v) is 3.58. The highest BCUT2D eigenvalue weighted by Crippen LogP contribution is 2.11. The van der Waals surface area contributed by atoms with Crippen LogP contribution in [0.15, 0.2) is 71.8 Å². The second-order valence-electron chi connectivity index (χ2n) is 5.09. The summed E-state index contributed by atoms with van der Waals surface area (Å²) in [5.41, 5.74) is 1.85. The molecule has 116 valence electrons. The Kier molecular flexibility index (Phi) is 4.74. The largest absolute Gasteiger partial charge is 0.489 e. The summed E-state index contributed by atoms with van der Waals surface area (Å²) in [4.78, 5) is 16.2. The van der Waals surface area contributed by atoms with E-state index < -0.39 is 0 Å². The Hall–Kier alpha value is -2.59. The second-order valence-corrected chi connectivity index (χ2v) is 5.48. The third-order valence-electron chi connectivity index (χ3n) is 3.36. The predicted molar refractivity (Wildman–Crippen MR) is 89.8 cm³/mol. The molecule has 0 aliphatic rings. The number of hydrogen-bond acceptors (Lipinski definition) is 3. The monoisotopic (exact) mass is 326 g/mol. The number of rotatable bonds is 5. The summed E-state index contributed by atoms with van der Waals surface area (Å²) in [5, 5.41) is 0.436. The van der Waals surface area contributed by atoms with E-state index >= 15 is 0 Å². The lowest BCUT2D eigenvalue weighted by atomic mass is 10.2. The minimum absolute atomic E-state index is 0.120. The molecule has 2 aromatic heterocycles. The summed E-state index contributed by atoms with van der Waals surface area (Å²) in [6.45, 7) is 0.882. The van der Waals surface area contributed by atoms with Gasteiger partial charge in [-0.3, -0.25) is 4.79 Å². The lowest BCUT2D eigenvalue weighted by Gasteiger charge is -2.09. The lowest BCUT2D eigenvalue weighted by Crippen LogP contribution is -2.19. The Bertz CT molecular complexity index is 830. The van der Waals surface area contributed by atoms with Crippen molar-refractivity contribution in [3.05, 3.63) is 93.6 Å². The summed E-state index contributed by atoms with van der Waals surface area (Å²) < 4.78 is 7.25. The molecule has 2 heterocycles. The van der Waals surface area contributed by atoms with Crippen LogP contribution in [-0.4, -0.2) is 9.55 Å². The molecule has 0 unspecified atom stereocenters. The van der Waals surface area contributed by atoms with Gasteiger partial charge in [-0.05, 0) is 23.3 Å². The van der Waals surface area contributed by atoms with Gasteiger partial charge in [0.1, 0.15) is 17.5 Å². The Balaban J connectivity index is 1.68. The first-order chi connectivity index (χ1) is 11.2. The van der Waals surface area contributed by atoms with Crippen LogP contribution in [0.25, 0.3) is 0 Å². The molecule has 3 rings (SSSR count). The molecule has 0 amide bonds. The average molecular weight is 327 g/mol. The van der Waals surface area contributed by atoms with Crippen LogP contribution < -0.4 is 10.3 Å². The van der Waals surface area contributed by atoms with E-state index in [9.17, 15) is 4.79 Å². The van der Waals surface area contributed by atoms with Gasteiger partial charge in [0.2, 0.25) is 0 Å². The maximum atomic E-state index is 12.2. The van der Waals surface area contributed by atoms with Crippen LogP contribution in [0.2, 0.25) is 5.15 Å². The van der Waals surface area contributed by atoms with Gasteiger partial charge in [0, 0.05) is 18.5 Å². The smallest absolute Gasteiger partial charge is 0.254 e. The van der Waals surface area contributed by atoms with Crippen molar-refractivity contribution in [2.24, 2.45) is 0 Å². The summed E-state index contributed by atoms with van der Waals surface area (Å²) in [6, 6.07) is 16.7. The fourth-order valence-electron chi connectivity index (χ4n) is 2.15. The first-order valence-corrected chi connectivity index (χ1v) is 7.56. The minimum atomic E-state index is -0.120. The van der Waals surface area contributed by atoms with E-state index in [1.807, 2.05) is 36.4 Å². The number of hydrogen-bond donors (Lipinski definition) is 0. The maximum absolute atomic E-state index is 12.2. The molecule has 0 N–H and O–H groups in total. The number of benzene rings is 1. The summed E-state index contributed by atoms with van der Waals surface area (Å²) >= 11 is 5.76. The zero-order valence-corrected chi connectivity index (χ0v) is 13.1. The van der Waals surface area contributed by atoms with Crippen molar-refractivity contribution in [2.45, 2.75) is 13.2 Å². The van der Waals surface area contributed by atoms with E-state index in [1.54, 1.807) is 29.1 Å². The van der Waals surface area contributed by atoms with Crippen molar-refractivity contribution in [2.75, 3.05) is 0 Å². The van der Waals surface area contributed by atoms with Gasteiger partial charge in [-0.2, -0.15) is 0 Å². The first-order valence-electron chi connectivity index (χ1n) is 7.18. The van der Waals surface area contributed by atoms with Crippen molar-refractivity contribution in [1.82, 2.24) is 9.55 Å². The lowest BCUT2D eigenvalue weighted by molar-refractivity contribution is 0.305. The van der Waals surface area contributed by atoms with Crippen LogP contribution in [0.4, 0.5) is 0 Å². The van der Waals surface area contributed by atoms with E-state index in [1.165, 1.54) is 6.07 Å². The predicted octanol–water partition coefficient (Wildman–Crippen LogP) is 3.52. The van der Waals surface area contributed by atoms with E-state index in [0.29, 0.717) is 24.1 Å². The number of halogens is 1. The molecule has 3 aromatic rings. The Morgan fingerprint density at radius 3 is 2.57 bits per heavy atom. The minimum Gasteiger partial charge on any atom is -0.489 e. The van der Waals surface area contributed by atoms with Gasteiger partial charge in [-0.15, -0.1) is 0 Å². The van der Waals surface area contributed by atoms with Crippen LogP contribution in [-0.2, 0) is 13.2 Å². The zero-order valence-electron chi connectivity index (χ0n) is 12.4. The number of ether oxygens (including phenoxy) is 1. The van der Waals surface area contributed by atoms with Crippen molar-refractivity contribution >= 4 is 11.6 Å². The highest BCUT2D eigenvalue weighted by Gasteiger charge is 2.02. The van der Waals surface area contributed by atoms with Gasteiger partial charge in [0.15, 0.2) is 0 Å². The van der Waals surface area contributed by atoms with Crippen molar-refractivity contribution in [1.29, 1.82) is 0 Å². The topological polar surface area (TPSA) is 44.1 Å². The normalized spacial score (nSPS) is 10.5. The first kappa shape index (κ1) is 15.3. The van der Waals surface area contributed by atoms with Gasteiger partial charge in [0.25, 0.3) is 5.56 Å². The number of nitrogens with zero attached hydrogens (tertiary/aromatic N) is 2. The molecule has 4 nitrogen and oxygen atoms in total. The van der Waals surface area contributed by atoms with E-state index in [0.717, 1.165) is 11.1 Å². The number of aromatic nitrogens is 2. The molecule has 23 heavy (non-hydrogen) atoms. The Morgan fingerprint density at radius 2 is 1.87 bits per heavy atom. The highest BCUT2D eigenvalue weighted by molar-refractivity contribution is 6.29. The Morgan fingerprint density at radius 1 is 1.04 bits per heavy atom. The van der Waals surface area contributed by atoms with Gasteiger partial charge in [-0.25, -0.2) is 4.98 Å². The third kappa shape index (κ3) is 4.20.